The Morgan fingerprint density at radius 2 is 2.00 bits per heavy atom. The third-order valence-electron chi connectivity index (χ3n) is 3.84. The van der Waals surface area contributed by atoms with Crippen LogP contribution < -0.4 is 16.0 Å². The molecule has 0 radical (unpaired) electrons. The van der Waals surface area contributed by atoms with Crippen molar-refractivity contribution in [3.05, 3.63) is 52.2 Å². The van der Waals surface area contributed by atoms with Gasteiger partial charge in [-0.05, 0) is 43.0 Å². The van der Waals surface area contributed by atoms with E-state index in [-0.39, 0.29) is 24.2 Å². The van der Waals surface area contributed by atoms with Crippen molar-refractivity contribution in [3.8, 4) is 0 Å². The summed E-state index contributed by atoms with van der Waals surface area (Å²) in [6.45, 7) is 1.61. The molecule has 128 valence electrons. The number of rotatable bonds is 5. The van der Waals surface area contributed by atoms with E-state index in [9.17, 15) is 9.59 Å². The predicted molar refractivity (Wildman–Crippen MR) is 99.3 cm³/mol. The average Bonchev–Trinajstić information content (AvgIpc) is 3.26. The normalized spacial score (nSPS) is 16.2. The van der Waals surface area contributed by atoms with E-state index in [1.54, 1.807) is 30.3 Å². The van der Waals surface area contributed by atoms with Crippen LogP contribution >= 0.6 is 23.7 Å². The van der Waals surface area contributed by atoms with Gasteiger partial charge in [0.15, 0.2) is 0 Å². The number of thiophene rings is 1. The predicted octanol–water partition coefficient (Wildman–Crippen LogP) is 2.90. The van der Waals surface area contributed by atoms with Gasteiger partial charge in [-0.1, -0.05) is 18.2 Å². The lowest BCUT2D eigenvalue weighted by Gasteiger charge is -2.14. The Morgan fingerprint density at radius 1 is 1.17 bits per heavy atom. The summed E-state index contributed by atoms with van der Waals surface area (Å²) in [7, 11) is 0. The molecule has 3 rings (SSSR count). The van der Waals surface area contributed by atoms with Crippen LogP contribution in [0.2, 0.25) is 0 Å². The fourth-order valence-corrected chi connectivity index (χ4v) is 3.24. The molecule has 1 aromatic carbocycles. The second kappa shape index (κ2) is 8.82. The molecule has 2 aromatic rings. The fraction of sp³-hybridized carbons (Fsp3) is 0.294. The van der Waals surface area contributed by atoms with Crippen molar-refractivity contribution in [1.82, 2.24) is 10.6 Å². The standard InChI is InChI=1S/C17H19N3O2S.ClH/c21-16(19-11-12-5-3-9-18-12)13-6-1-2-7-14(13)20-17(22)15-8-4-10-23-15;/h1-2,4,6-8,10,12,18H,3,5,9,11H2,(H,19,21)(H,20,22);1H. The van der Waals surface area contributed by atoms with E-state index >= 15 is 0 Å². The van der Waals surface area contributed by atoms with Crippen LogP contribution in [0.5, 0.6) is 0 Å². The molecule has 3 N–H and O–H groups in total. The SMILES string of the molecule is Cl.O=C(Nc1ccccc1C(=O)NCC1CCCN1)c1cccs1. The highest BCUT2D eigenvalue weighted by atomic mass is 35.5. The van der Waals surface area contributed by atoms with Gasteiger partial charge in [0.25, 0.3) is 11.8 Å². The Hall–Kier alpha value is -1.89. The van der Waals surface area contributed by atoms with E-state index in [2.05, 4.69) is 16.0 Å². The molecular formula is C17H20ClN3O2S. The van der Waals surface area contributed by atoms with Gasteiger partial charge in [-0.25, -0.2) is 0 Å². The molecule has 1 unspecified atom stereocenters. The first-order chi connectivity index (χ1) is 11.2. The number of anilines is 1. The number of benzene rings is 1. The second-order valence-electron chi connectivity index (χ2n) is 5.48. The molecule has 0 bridgehead atoms. The maximum atomic E-state index is 12.4. The Balaban J connectivity index is 0.00000208. The first-order valence-electron chi connectivity index (χ1n) is 7.69. The van der Waals surface area contributed by atoms with Gasteiger partial charge in [0.1, 0.15) is 0 Å². The number of nitrogens with one attached hydrogen (secondary N) is 3. The summed E-state index contributed by atoms with van der Waals surface area (Å²) in [5, 5.41) is 11.0. The summed E-state index contributed by atoms with van der Waals surface area (Å²) in [5.41, 5.74) is 1.01. The Bertz CT molecular complexity index is 685. The van der Waals surface area contributed by atoms with Crippen LogP contribution in [-0.4, -0.2) is 30.9 Å². The lowest BCUT2D eigenvalue weighted by atomic mass is 10.1. The topological polar surface area (TPSA) is 70.2 Å². The highest BCUT2D eigenvalue weighted by Gasteiger charge is 2.17. The lowest BCUT2D eigenvalue weighted by molar-refractivity contribution is 0.0951. The van der Waals surface area contributed by atoms with Gasteiger partial charge >= 0.3 is 0 Å². The van der Waals surface area contributed by atoms with E-state index in [1.165, 1.54) is 11.3 Å². The Labute approximate surface area is 151 Å². The van der Waals surface area contributed by atoms with Crippen molar-refractivity contribution in [2.75, 3.05) is 18.4 Å². The minimum absolute atomic E-state index is 0. The molecule has 24 heavy (non-hydrogen) atoms. The molecule has 0 aliphatic carbocycles. The number of para-hydroxylation sites is 1. The smallest absolute Gasteiger partial charge is 0.265 e. The summed E-state index contributed by atoms with van der Waals surface area (Å²) < 4.78 is 0. The molecule has 1 aliphatic heterocycles. The van der Waals surface area contributed by atoms with Crippen LogP contribution in [0.25, 0.3) is 0 Å². The van der Waals surface area contributed by atoms with Crippen LogP contribution in [-0.2, 0) is 0 Å². The van der Waals surface area contributed by atoms with Crippen LogP contribution in [0.1, 0.15) is 32.9 Å². The Morgan fingerprint density at radius 3 is 2.71 bits per heavy atom. The van der Waals surface area contributed by atoms with Crippen LogP contribution in [0, 0.1) is 0 Å². The number of carbonyl (C=O) groups is 2. The quantitative estimate of drug-likeness (QED) is 0.763. The average molecular weight is 366 g/mol. The zero-order valence-electron chi connectivity index (χ0n) is 13.1. The van der Waals surface area contributed by atoms with E-state index in [0.29, 0.717) is 28.7 Å². The number of carbonyl (C=O) groups excluding carboxylic acids is 2. The molecule has 5 nitrogen and oxygen atoms in total. The first kappa shape index (κ1) is 18.4. The summed E-state index contributed by atoms with van der Waals surface area (Å²) in [6.07, 6.45) is 2.23. The molecular weight excluding hydrogens is 346 g/mol. The minimum atomic E-state index is -0.197. The first-order valence-corrected chi connectivity index (χ1v) is 8.57. The number of amides is 2. The van der Waals surface area contributed by atoms with Gasteiger partial charge in [-0.2, -0.15) is 0 Å². The summed E-state index contributed by atoms with van der Waals surface area (Å²) >= 11 is 1.37. The number of halogens is 1. The summed E-state index contributed by atoms with van der Waals surface area (Å²) in [6, 6.07) is 11.0. The lowest BCUT2D eigenvalue weighted by Crippen LogP contribution is -2.37. The molecule has 0 saturated carbocycles. The van der Waals surface area contributed by atoms with E-state index in [4.69, 9.17) is 0 Å². The van der Waals surface area contributed by atoms with Gasteiger partial charge in [0, 0.05) is 12.6 Å². The molecule has 2 heterocycles. The highest BCUT2D eigenvalue weighted by Crippen LogP contribution is 2.18. The zero-order chi connectivity index (χ0) is 16.1. The maximum absolute atomic E-state index is 12.4. The Kier molecular flexibility index (Phi) is 6.78. The molecule has 0 spiro atoms. The molecule has 1 aromatic heterocycles. The highest BCUT2D eigenvalue weighted by molar-refractivity contribution is 7.12. The molecule has 1 fully saturated rings. The van der Waals surface area contributed by atoms with Crippen molar-refractivity contribution in [2.45, 2.75) is 18.9 Å². The van der Waals surface area contributed by atoms with Gasteiger partial charge < -0.3 is 16.0 Å². The van der Waals surface area contributed by atoms with Crippen molar-refractivity contribution >= 4 is 41.2 Å². The molecule has 1 aliphatic rings. The van der Waals surface area contributed by atoms with Crippen LogP contribution in [0.4, 0.5) is 5.69 Å². The largest absolute Gasteiger partial charge is 0.350 e. The zero-order valence-corrected chi connectivity index (χ0v) is 14.7. The van der Waals surface area contributed by atoms with E-state index in [1.807, 2.05) is 11.4 Å². The van der Waals surface area contributed by atoms with Crippen molar-refractivity contribution in [1.29, 1.82) is 0 Å². The van der Waals surface area contributed by atoms with Gasteiger partial charge in [0.2, 0.25) is 0 Å². The third-order valence-corrected chi connectivity index (χ3v) is 4.70. The van der Waals surface area contributed by atoms with Gasteiger partial charge in [-0.3, -0.25) is 9.59 Å². The second-order valence-corrected chi connectivity index (χ2v) is 6.43. The van der Waals surface area contributed by atoms with Crippen LogP contribution in [0.3, 0.4) is 0 Å². The van der Waals surface area contributed by atoms with Crippen LogP contribution in [0.15, 0.2) is 41.8 Å². The molecule has 2 amide bonds. The molecule has 1 saturated heterocycles. The fourth-order valence-electron chi connectivity index (χ4n) is 2.62. The van der Waals surface area contributed by atoms with Gasteiger partial charge in [-0.15, -0.1) is 23.7 Å². The van der Waals surface area contributed by atoms with Crippen molar-refractivity contribution in [2.24, 2.45) is 0 Å². The van der Waals surface area contributed by atoms with E-state index in [0.717, 1.165) is 19.4 Å². The van der Waals surface area contributed by atoms with Crippen molar-refractivity contribution < 1.29 is 9.59 Å². The minimum Gasteiger partial charge on any atom is -0.350 e. The van der Waals surface area contributed by atoms with Gasteiger partial charge in [0.05, 0.1) is 16.1 Å². The molecule has 1 atom stereocenters. The number of hydrogen-bond acceptors (Lipinski definition) is 4. The molecule has 7 heteroatoms. The van der Waals surface area contributed by atoms with E-state index < -0.39 is 0 Å². The van der Waals surface area contributed by atoms with Crippen molar-refractivity contribution in [3.63, 3.8) is 0 Å². The maximum Gasteiger partial charge on any atom is 0.265 e. The summed E-state index contributed by atoms with van der Waals surface area (Å²) in [5.74, 6) is -0.363. The summed E-state index contributed by atoms with van der Waals surface area (Å²) in [4.78, 5) is 25.2. The number of hydrogen-bond donors (Lipinski definition) is 3. The monoisotopic (exact) mass is 365 g/mol. The third kappa shape index (κ3) is 4.56.